The van der Waals surface area contributed by atoms with Gasteiger partial charge in [-0.05, 0) is 19.4 Å². The standard InChI is InChI=1S/C20H26N4O2/c1-15-4-3-5-17(12-15)14-21-18-13-19(23-16(2)22-18)24-8-6-20(7-9-24)25-10-11-26-20/h3-5,12-13H,6-11,14H2,1-2H3,(H,21,22,23). The summed E-state index contributed by atoms with van der Waals surface area (Å²) in [6.07, 6.45) is 1.75. The summed E-state index contributed by atoms with van der Waals surface area (Å²) in [5.41, 5.74) is 2.51. The smallest absolute Gasteiger partial charge is 0.171 e. The number of nitrogens with zero attached hydrogens (tertiary/aromatic N) is 3. The predicted octanol–water partition coefficient (Wildman–Crippen LogP) is 3.05. The zero-order valence-electron chi connectivity index (χ0n) is 15.5. The number of hydrogen-bond donors (Lipinski definition) is 1. The first-order valence-electron chi connectivity index (χ1n) is 9.30. The second kappa shape index (κ2) is 7.21. The maximum atomic E-state index is 5.82. The number of anilines is 2. The van der Waals surface area contributed by atoms with E-state index in [1.165, 1.54) is 11.1 Å². The van der Waals surface area contributed by atoms with Crippen molar-refractivity contribution in [2.45, 2.75) is 39.0 Å². The minimum atomic E-state index is -0.356. The Kier molecular flexibility index (Phi) is 4.78. The summed E-state index contributed by atoms with van der Waals surface area (Å²) in [5.74, 6) is 2.26. The van der Waals surface area contributed by atoms with Crippen molar-refractivity contribution in [3.8, 4) is 0 Å². The van der Waals surface area contributed by atoms with Crippen LogP contribution < -0.4 is 10.2 Å². The van der Waals surface area contributed by atoms with E-state index < -0.39 is 0 Å². The maximum Gasteiger partial charge on any atom is 0.171 e. The van der Waals surface area contributed by atoms with Crippen LogP contribution in [0.3, 0.4) is 0 Å². The van der Waals surface area contributed by atoms with Crippen molar-refractivity contribution in [2.24, 2.45) is 0 Å². The maximum absolute atomic E-state index is 5.82. The van der Waals surface area contributed by atoms with E-state index in [0.717, 1.165) is 49.9 Å². The zero-order chi connectivity index (χ0) is 18.0. The summed E-state index contributed by atoms with van der Waals surface area (Å²) in [5, 5.41) is 3.43. The molecule has 4 rings (SSSR count). The van der Waals surface area contributed by atoms with Gasteiger partial charge in [0.25, 0.3) is 0 Å². The lowest BCUT2D eigenvalue weighted by Gasteiger charge is -2.38. The Balaban J connectivity index is 1.43. The molecule has 1 aromatic carbocycles. The molecule has 0 bridgehead atoms. The topological polar surface area (TPSA) is 59.5 Å². The third-order valence-corrected chi connectivity index (χ3v) is 5.04. The highest BCUT2D eigenvalue weighted by molar-refractivity contribution is 5.50. The van der Waals surface area contributed by atoms with Crippen LogP contribution in [0.2, 0.25) is 0 Å². The molecule has 0 saturated carbocycles. The SMILES string of the molecule is Cc1cccc(CNc2cc(N3CCC4(CC3)OCCO4)nc(C)n2)c1. The molecule has 1 N–H and O–H groups in total. The molecule has 1 aromatic heterocycles. The fourth-order valence-electron chi connectivity index (χ4n) is 3.68. The molecule has 0 unspecified atom stereocenters. The number of ether oxygens (including phenoxy) is 2. The number of aryl methyl sites for hydroxylation is 2. The lowest BCUT2D eigenvalue weighted by Crippen LogP contribution is -2.45. The normalized spacial score (nSPS) is 19.1. The summed E-state index contributed by atoms with van der Waals surface area (Å²) in [6.45, 7) is 7.98. The van der Waals surface area contributed by atoms with Crippen molar-refractivity contribution in [3.63, 3.8) is 0 Å². The Morgan fingerprint density at radius 2 is 1.85 bits per heavy atom. The van der Waals surface area contributed by atoms with Gasteiger partial charge in [-0.15, -0.1) is 0 Å². The quantitative estimate of drug-likeness (QED) is 0.911. The number of benzene rings is 1. The van der Waals surface area contributed by atoms with E-state index in [0.29, 0.717) is 13.2 Å². The molecule has 2 fully saturated rings. The third-order valence-electron chi connectivity index (χ3n) is 5.04. The number of piperidine rings is 1. The number of nitrogens with one attached hydrogen (secondary N) is 1. The predicted molar refractivity (Wildman–Crippen MR) is 101 cm³/mol. The Labute approximate surface area is 154 Å². The van der Waals surface area contributed by atoms with E-state index in [1.54, 1.807) is 0 Å². The van der Waals surface area contributed by atoms with Gasteiger partial charge in [-0.25, -0.2) is 9.97 Å². The number of hydrogen-bond acceptors (Lipinski definition) is 6. The Morgan fingerprint density at radius 1 is 1.08 bits per heavy atom. The second-order valence-corrected chi connectivity index (χ2v) is 7.10. The molecule has 0 aliphatic carbocycles. The highest BCUT2D eigenvalue weighted by Crippen LogP contribution is 2.33. The third kappa shape index (κ3) is 3.81. The molecule has 6 heteroatoms. The first-order chi connectivity index (χ1) is 12.6. The van der Waals surface area contributed by atoms with Crippen LogP contribution in [-0.4, -0.2) is 42.1 Å². The van der Waals surface area contributed by atoms with E-state index in [9.17, 15) is 0 Å². The molecule has 2 aliphatic heterocycles. The largest absolute Gasteiger partial charge is 0.366 e. The van der Waals surface area contributed by atoms with E-state index in [1.807, 2.05) is 13.0 Å². The lowest BCUT2D eigenvalue weighted by atomic mass is 10.0. The van der Waals surface area contributed by atoms with E-state index in [2.05, 4.69) is 51.4 Å². The first kappa shape index (κ1) is 17.2. The number of aromatic nitrogens is 2. The molecule has 2 saturated heterocycles. The van der Waals surface area contributed by atoms with Crippen molar-refractivity contribution in [2.75, 3.05) is 36.5 Å². The van der Waals surface area contributed by atoms with E-state index in [4.69, 9.17) is 9.47 Å². The highest BCUT2D eigenvalue weighted by Gasteiger charge is 2.40. The first-order valence-corrected chi connectivity index (χ1v) is 9.30. The second-order valence-electron chi connectivity index (χ2n) is 7.10. The van der Waals surface area contributed by atoms with Crippen molar-refractivity contribution in [1.29, 1.82) is 0 Å². The summed E-state index contributed by atoms with van der Waals surface area (Å²) in [4.78, 5) is 11.5. The van der Waals surface area contributed by atoms with Crippen molar-refractivity contribution in [3.05, 3.63) is 47.3 Å². The van der Waals surface area contributed by atoms with Gasteiger partial charge in [0.05, 0.1) is 13.2 Å². The van der Waals surface area contributed by atoms with Crippen molar-refractivity contribution in [1.82, 2.24) is 9.97 Å². The van der Waals surface area contributed by atoms with Gasteiger partial charge in [0.1, 0.15) is 17.5 Å². The van der Waals surface area contributed by atoms with Gasteiger partial charge < -0.3 is 19.7 Å². The molecular weight excluding hydrogens is 328 g/mol. The molecule has 3 heterocycles. The van der Waals surface area contributed by atoms with Gasteiger partial charge in [0.15, 0.2) is 5.79 Å². The molecule has 2 aliphatic rings. The van der Waals surface area contributed by atoms with Gasteiger partial charge >= 0.3 is 0 Å². The molecule has 138 valence electrons. The molecular formula is C20H26N4O2. The fraction of sp³-hybridized carbons (Fsp3) is 0.500. The molecule has 0 atom stereocenters. The molecule has 0 radical (unpaired) electrons. The molecule has 1 spiro atoms. The Bertz CT molecular complexity index is 764. The lowest BCUT2D eigenvalue weighted by molar-refractivity contribution is -0.169. The molecule has 6 nitrogen and oxygen atoms in total. The summed E-state index contributed by atoms with van der Waals surface area (Å²) in [7, 11) is 0. The summed E-state index contributed by atoms with van der Waals surface area (Å²) >= 11 is 0. The van der Waals surface area contributed by atoms with Gasteiger partial charge in [0, 0.05) is 38.5 Å². The van der Waals surface area contributed by atoms with Crippen LogP contribution in [0.1, 0.15) is 29.8 Å². The van der Waals surface area contributed by atoms with Crippen LogP contribution in [0.5, 0.6) is 0 Å². The summed E-state index contributed by atoms with van der Waals surface area (Å²) < 4.78 is 11.6. The van der Waals surface area contributed by atoms with Gasteiger partial charge in [0.2, 0.25) is 0 Å². The van der Waals surface area contributed by atoms with Crippen LogP contribution >= 0.6 is 0 Å². The zero-order valence-corrected chi connectivity index (χ0v) is 15.5. The van der Waals surface area contributed by atoms with Crippen LogP contribution in [0.15, 0.2) is 30.3 Å². The fourth-order valence-corrected chi connectivity index (χ4v) is 3.68. The molecule has 0 amide bonds. The monoisotopic (exact) mass is 354 g/mol. The Morgan fingerprint density at radius 3 is 2.58 bits per heavy atom. The average Bonchev–Trinajstić information content (AvgIpc) is 3.08. The van der Waals surface area contributed by atoms with Crippen LogP contribution in [0, 0.1) is 13.8 Å². The number of rotatable bonds is 4. The minimum Gasteiger partial charge on any atom is -0.366 e. The van der Waals surface area contributed by atoms with Gasteiger partial charge in [-0.3, -0.25) is 0 Å². The average molecular weight is 354 g/mol. The minimum absolute atomic E-state index is 0.356. The van der Waals surface area contributed by atoms with E-state index >= 15 is 0 Å². The van der Waals surface area contributed by atoms with E-state index in [-0.39, 0.29) is 5.79 Å². The van der Waals surface area contributed by atoms with Gasteiger partial charge in [-0.1, -0.05) is 29.8 Å². The van der Waals surface area contributed by atoms with Crippen LogP contribution in [0.4, 0.5) is 11.6 Å². The van der Waals surface area contributed by atoms with Gasteiger partial charge in [-0.2, -0.15) is 0 Å². The van der Waals surface area contributed by atoms with Crippen molar-refractivity contribution >= 4 is 11.6 Å². The van der Waals surface area contributed by atoms with Crippen molar-refractivity contribution < 1.29 is 9.47 Å². The van der Waals surface area contributed by atoms with Crippen LogP contribution in [-0.2, 0) is 16.0 Å². The molecule has 26 heavy (non-hydrogen) atoms. The van der Waals surface area contributed by atoms with Crippen LogP contribution in [0.25, 0.3) is 0 Å². The summed E-state index contributed by atoms with van der Waals surface area (Å²) in [6, 6.07) is 10.5. The highest BCUT2D eigenvalue weighted by atomic mass is 16.7. The Hall–Kier alpha value is -2.18. The molecule has 2 aromatic rings.